The van der Waals surface area contributed by atoms with Crippen molar-refractivity contribution in [3.05, 3.63) is 64.8 Å². The number of anilines is 1. The van der Waals surface area contributed by atoms with Gasteiger partial charge in [0.25, 0.3) is 0 Å². The van der Waals surface area contributed by atoms with E-state index in [1.165, 1.54) is 0 Å². The van der Waals surface area contributed by atoms with Crippen LogP contribution in [0.4, 0.5) is 5.69 Å². The van der Waals surface area contributed by atoms with Crippen molar-refractivity contribution in [3.63, 3.8) is 0 Å². The monoisotopic (exact) mass is 317 g/mol. The van der Waals surface area contributed by atoms with E-state index in [-0.39, 0.29) is 5.43 Å². The largest absolute Gasteiger partial charge is 0.456 e. The molecule has 0 fully saturated rings. The highest BCUT2D eigenvalue weighted by Gasteiger charge is 2.14. The Bertz CT molecular complexity index is 1060. The highest BCUT2D eigenvalue weighted by Crippen LogP contribution is 2.34. The minimum atomic E-state index is 0.00102. The lowest BCUT2D eigenvalue weighted by molar-refractivity contribution is 0.619. The van der Waals surface area contributed by atoms with E-state index in [1.807, 2.05) is 24.3 Å². The Labute approximate surface area is 140 Å². The lowest BCUT2D eigenvalue weighted by atomic mass is 9.99. The Morgan fingerprint density at radius 3 is 2.42 bits per heavy atom. The maximum atomic E-state index is 12.3. The Morgan fingerprint density at radius 2 is 1.67 bits per heavy atom. The van der Waals surface area contributed by atoms with Crippen molar-refractivity contribution in [2.45, 2.75) is 13.8 Å². The van der Waals surface area contributed by atoms with E-state index in [9.17, 15) is 4.79 Å². The van der Waals surface area contributed by atoms with Crippen molar-refractivity contribution >= 4 is 27.4 Å². The first-order chi connectivity index (χ1) is 11.7. The minimum absolute atomic E-state index is 0.00102. The number of benzene rings is 3. The van der Waals surface area contributed by atoms with Crippen molar-refractivity contribution in [3.8, 4) is 11.3 Å². The van der Waals surface area contributed by atoms with Gasteiger partial charge in [0.1, 0.15) is 11.3 Å². The number of nitrogens with zero attached hydrogens (tertiary/aromatic N) is 1. The van der Waals surface area contributed by atoms with Gasteiger partial charge in [-0.25, -0.2) is 0 Å². The summed E-state index contributed by atoms with van der Waals surface area (Å²) >= 11 is 0. The number of rotatable bonds is 3. The average molecular weight is 317 g/mol. The fourth-order valence-electron chi connectivity index (χ4n) is 3.36. The molecule has 0 aromatic heterocycles. The molecule has 4 rings (SSSR count). The third-order valence-electron chi connectivity index (χ3n) is 4.66. The fraction of sp³-hybridized carbons (Fsp3) is 0.190. The van der Waals surface area contributed by atoms with Gasteiger partial charge in [-0.3, -0.25) is 4.79 Å². The van der Waals surface area contributed by atoms with E-state index in [0.29, 0.717) is 5.76 Å². The molecule has 2 aliphatic rings. The minimum Gasteiger partial charge on any atom is -0.456 e. The molecule has 1 heterocycles. The van der Waals surface area contributed by atoms with Gasteiger partial charge in [0, 0.05) is 47.2 Å². The molecule has 2 aromatic rings. The van der Waals surface area contributed by atoms with Gasteiger partial charge >= 0.3 is 0 Å². The number of hydrogen-bond donors (Lipinski definition) is 0. The molecule has 0 unspecified atom stereocenters. The summed E-state index contributed by atoms with van der Waals surface area (Å²) in [6, 6.07) is 17.7. The van der Waals surface area contributed by atoms with Crippen LogP contribution in [0.3, 0.4) is 0 Å². The molecule has 3 heteroatoms. The maximum Gasteiger partial charge on any atom is 0.190 e. The second-order valence-corrected chi connectivity index (χ2v) is 5.97. The summed E-state index contributed by atoms with van der Waals surface area (Å²) in [4.78, 5) is 14.6. The van der Waals surface area contributed by atoms with Gasteiger partial charge in [-0.1, -0.05) is 24.3 Å². The lowest BCUT2D eigenvalue weighted by Crippen LogP contribution is -2.21. The van der Waals surface area contributed by atoms with Crippen LogP contribution in [0.25, 0.3) is 33.1 Å². The smallest absolute Gasteiger partial charge is 0.190 e. The van der Waals surface area contributed by atoms with E-state index in [4.69, 9.17) is 4.42 Å². The van der Waals surface area contributed by atoms with Crippen molar-refractivity contribution in [1.29, 1.82) is 0 Å². The van der Waals surface area contributed by atoms with Crippen LogP contribution < -0.4 is 10.3 Å². The van der Waals surface area contributed by atoms with Crippen molar-refractivity contribution in [2.24, 2.45) is 0 Å². The zero-order chi connectivity index (χ0) is 16.7. The van der Waals surface area contributed by atoms with E-state index >= 15 is 0 Å². The van der Waals surface area contributed by atoms with Gasteiger partial charge in [-0.2, -0.15) is 0 Å². The third kappa shape index (κ3) is 2.24. The lowest BCUT2D eigenvalue weighted by Gasteiger charge is -2.21. The molecule has 0 saturated heterocycles. The normalized spacial score (nSPS) is 11.4. The average Bonchev–Trinajstić information content (AvgIpc) is 2.62. The number of hydrogen-bond acceptors (Lipinski definition) is 3. The molecule has 0 radical (unpaired) electrons. The van der Waals surface area contributed by atoms with Crippen LogP contribution in [0.15, 0.2) is 63.8 Å². The Balaban J connectivity index is 2.02. The summed E-state index contributed by atoms with van der Waals surface area (Å²) in [5.41, 5.74) is 2.93. The molecule has 2 aromatic carbocycles. The molecule has 0 spiro atoms. The first-order valence-corrected chi connectivity index (χ1v) is 8.35. The molecule has 3 nitrogen and oxygen atoms in total. The fourth-order valence-corrected chi connectivity index (χ4v) is 3.36. The van der Waals surface area contributed by atoms with Gasteiger partial charge < -0.3 is 9.32 Å². The molecule has 0 N–H and O–H groups in total. The molecule has 24 heavy (non-hydrogen) atoms. The Hall–Kier alpha value is -2.81. The zero-order valence-corrected chi connectivity index (χ0v) is 13.9. The molecule has 0 bridgehead atoms. The topological polar surface area (TPSA) is 33.5 Å². The molecule has 120 valence electrons. The van der Waals surface area contributed by atoms with Crippen LogP contribution in [0.1, 0.15) is 13.8 Å². The molecule has 0 atom stereocenters. The second-order valence-electron chi connectivity index (χ2n) is 5.97. The molecule has 0 amide bonds. The van der Waals surface area contributed by atoms with Crippen molar-refractivity contribution in [1.82, 2.24) is 0 Å². The Kier molecular flexibility index (Phi) is 3.49. The predicted octanol–water partition coefficient (Wildman–Crippen LogP) is 4.90. The standard InChI is InChI=1S/C21H19NO2/c1-3-22(4-2)15-10-9-14-11-18-16-7-5-6-8-17(16)19(23)13-21(18)24-20(14)12-15/h5-13H,3-4H2,1-2H3. The summed E-state index contributed by atoms with van der Waals surface area (Å²) in [6.45, 7) is 6.18. The summed E-state index contributed by atoms with van der Waals surface area (Å²) in [5, 5.41) is 2.72. The second kappa shape index (κ2) is 5.68. The first kappa shape index (κ1) is 14.8. The summed E-state index contributed by atoms with van der Waals surface area (Å²) < 4.78 is 6.09. The maximum absolute atomic E-state index is 12.3. The van der Waals surface area contributed by atoms with Crippen molar-refractivity contribution in [2.75, 3.05) is 18.0 Å². The summed E-state index contributed by atoms with van der Waals surface area (Å²) in [7, 11) is 0. The Morgan fingerprint density at radius 1 is 0.917 bits per heavy atom. The predicted molar refractivity (Wildman–Crippen MR) is 100 cm³/mol. The molecule has 1 aliphatic carbocycles. The summed E-state index contributed by atoms with van der Waals surface area (Å²) in [6.07, 6.45) is 0. The first-order valence-electron chi connectivity index (χ1n) is 8.35. The van der Waals surface area contributed by atoms with Crippen LogP contribution in [0.2, 0.25) is 0 Å². The van der Waals surface area contributed by atoms with Crippen LogP contribution >= 0.6 is 0 Å². The van der Waals surface area contributed by atoms with Gasteiger partial charge in [0.15, 0.2) is 5.43 Å². The SMILES string of the molecule is CCN(CC)c1ccc2cc3c4ccccc4c(=O)cc-3oc2c1. The number of fused-ring (bicyclic) bond motifs is 4. The van der Waals surface area contributed by atoms with E-state index in [0.717, 1.165) is 46.1 Å². The van der Waals surface area contributed by atoms with Gasteiger partial charge in [0.2, 0.25) is 0 Å². The van der Waals surface area contributed by atoms with Crippen LogP contribution in [0.5, 0.6) is 0 Å². The highest BCUT2D eigenvalue weighted by atomic mass is 16.3. The summed E-state index contributed by atoms with van der Waals surface area (Å²) in [5.74, 6) is 0.642. The molecular formula is C21H19NO2. The van der Waals surface area contributed by atoms with E-state index in [2.05, 4.69) is 43.0 Å². The molecule has 0 saturated carbocycles. The zero-order valence-electron chi connectivity index (χ0n) is 13.9. The quantitative estimate of drug-likeness (QED) is 0.398. The van der Waals surface area contributed by atoms with Gasteiger partial charge in [-0.05, 0) is 37.4 Å². The highest BCUT2D eigenvalue weighted by molar-refractivity contribution is 5.99. The van der Waals surface area contributed by atoms with E-state index in [1.54, 1.807) is 6.07 Å². The van der Waals surface area contributed by atoms with Gasteiger partial charge in [-0.15, -0.1) is 0 Å². The van der Waals surface area contributed by atoms with Crippen LogP contribution in [0, 0.1) is 0 Å². The van der Waals surface area contributed by atoms with Gasteiger partial charge in [0.05, 0.1) is 0 Å². The van der Waals surface area contributed by atoms with Crippen molar-refractivity contribution < 1.29 is 4.42 Å². The van der Waals surface area contributed by atoms with E-state index < -0.39 is 0 Å². The molecule has 1 aliphatic heterocycles. The van der Waals surface area contributed by atoms with Crippen LogP contribution in [-0.2, 0) is 0 Å². The molecular weight excluding hydrogens is 298 g/mol. The van der Waals surface area contributed by atoms with Crippen LogP contribution in [-0.4, -0.2) is 13.1 Å². The third-order valence-corrected chi connectivity index (χ3v) is 4.66.